The van der Waals surface area contributed by atoms with Crippen LogP contribution in [0.2, 0.25) is 0 Å². The third-order valence-corrected chi connectivity index (χ3v) is 18.3. The number of nitrogens with zero attached hydrogens (tertiary/aromatic N) is 29. The topological polar surface area (TPSA) is 455 Å². The van der Waals surface area contributed by atoms with Crippen LogP contribution in [0.1, 0.15) is 116 Å². The normalized spacial score (nSPS) is 12.3. The first-order valence-electron chi connectivity index (χ1n) is 37.2. The van der Waals surface area contributed by atoms with Crippen molar-refractivity contribution < 1.29 is 119 Å². The van der Waals surface area contributed by atoms with Gasteiger partial charge in [-0.05, 0) is 174 Å². The summed E-state index contributed by atoms with van der Waals surface area (Å²) in [5.41, 5.74) is 19.4. The molecule has 1 N–H and O–H groups in total. The minimum atomic E-state index is -0.990. The van der Waals surface area contributed by atoms with Gasteiger partial charge in [0.25, 0.3) is 0 Å². The van der Waals surface area contributed by atoms with Crippen LogP contribution >= 0.6 is 18.8 Å². The van der Waals surface area contributed by atoms with Crippen molar-refractivity contribution >= 4 is 49.2 Å². The van der Waals surface area contributed by atoms with Crippen molar-refractivity contribution in [1.82, 2.24) is 146 Å². The van der Waals surface area contributed by atoms with Crippen LogP contribution in [-0.4, -0.2) is 130 Å². The Balaban J connectivity index is 0.000000373. The zero-order valence-electron chi connectivity index (χ0n) is 69.3. The minimum Gasteiger partial charge on any atom is 0 e. The van der Waals surface area contributed by atoms with Crippen LogP contribution in [0.15, 0.2) is 250 Å². The van der Waals surface area contributed by atoms with Gasteiger partial charge in [0, 0.05) is 163 Å². The Morgan fingerprint density at radius 3 is 1.05 bits per heavy atom. The molecular weight excluding hydrogens is 2580 g/mol. The number of carboxylic acids is 1. The zero-order chi connectivity index (χ0) is 87.9. The number of rotatable bonds is 9. The summed E-state index contributed by atoms with van der Waals surface area (Å²) in [6.07, 6.45) is 24.3. The number of carbonyl (C=O) groups is 1. The molecule has 17 aromatic heterocycles. The van der Waals surface area contributed by atoms with Gasteiger partial charge in [0.05, 0.1) is 40.9 Å². The van der Waals surface area contributed by atoms with Gasteiger partial charge in [-0.25, -0.2) is 9.78 Å². The summed E-state index contributed by atoms with van der Waals surface area (Å²) < 4.78 is 0. The summed E-state index contributed by atoms with van der Waals surface area (Å²) in [5, 5.41) is 74.5. The maximum absolute atomic E-state index is 10.1. The molecule has 0 aliphatic heterocycles. The molecule has 40 heteroatoms. The number of hydrogen-bond acceptors (Lipinski definition) is 24. The van der Waals surface area contributed by atoms with Crippen LogP contribution in [0.5, 0.6) is 0 Å². The van der Waals surface area contributed by atoms with Gasteiger partial charge in [0.15, 0.2) is 0 Å². The quantitative estimate of drug-likeness (QED) is 0.104. The van der Waals surface area contributed by atoms with E-state index in [0.717, 1.165) is 108 Å². The van der Waals surface area contributed by atoms with Crippen LogP contribution in [0, 0.1) is 53.9 Å². The van der Waals surface area contributed by atoms with Crippen molar-refractivity contribution in [2.45, 2.75) is 108 Å². The SMILES string of the molecule is C.C.CC12CCC(c3c1n[n-]c3-c1nccc3ccccc13)C2(C)C.Cc1cc(-c2ccccn2)[n-]n1.Cc1cc(-c2ccccn2)[n-]n1.Cc1cc(-c2ccccn2)[n-]n1.Cc1cc(-c2cnccn2)[n-]n1.Cc1cc(-c2cnccn2)[n-]n1.Cc1n[n-]c(-c2ccccn2)n1.Cc1n[n-]c(-c2ccccn2)n1.O=C(O)c1ccccn1.[CH-]=O.[CH-]=O.[Cl][Pt][Cl].[Os+4].[Pt+2].[Pt+2].[Pt]. The molecule has 17 heterocycles. The van der Waals surface area contributed by atoms with E-state index in [-0.39, 0.29) is 114 Å². The van der Waals surface area contributed by atoms with Gasteiger partial charge < -0.3 is 96.0 Å². The van der Waals surface area contributed by atoms with Gasteiger partial charge in [0.1, 0.15) is 5.69 Å². The Kier molecular flexibility index (Phi) is 49.8. The van der Waals surface area contributed by atoms with Crippen LogP contribution in [0.4, 0.5) is 0 Å². The summed E-state index contributed by atoms with van der Waals surface area (Å²) in [6.45, 7) is 26.8. The second-order valence-corrected chi connectivity index (χ2v) is 30.2. The van der Waals surface area contributed by atoms with Crippen molar-refractivity contribution in [3.63, 3.8) is 0 Å². The molecule has 2 aliphatic carbocycles. The molecule has 0 amide bonds. The Hall–Kier alpha value is -12.0. The third-order valence-electron chi connectivity index (χ3n) is 18.3. The van der Waals surface area contributed by atoms with Crippen molar-refractivity contribution in [3.05, 3.63) is 307 Å². The largest absolute Gasteiger partial charge is 4.00 e. The molecule has 1 saturated carbocycles. The zero-order valence-corrected chi connectivity index (χ0v) is 82.5. The minimum absolute atomic E-state index is 0. The van der Waals surface area contributed by atoms with Crippen LogP contribution < -0.4 is 40.8 Å². The van der Waals surface area contributed by atoms with Crippen LogP contribution in [-0.2, 0) is 114 Å². The van der Waals surface area contributed by atoms with E-state index in [2.05, 4.69) is 211 Å². The molecule has 2 bridgehead atoms. The van der Waals surface area contributed by atoms with E-state index in [0.29, 0.717) is 29.2 Å². The average Bonchev–Trinajstić information content (AvgIpc) is 1.52. The molecule has 33 nitrogen and oxygen atoms in total. The Morgan fingerprint density at radius 1 is 0.411 bits per heavy atom. The number of aryl methyl sites for hydroxylation is 7. The molecule has 0 radical (unpaired) electrons. The fourth-order valence-corrected chi connectivity index (χ4v) is 12.3. The monoisotopic (exact) mass is 2670 g/mol. The number of benzene rings is 1. The third kappa shape index (κ3) is 32.3. The van der Waals surface area contributed by atoms with Crippen molar-refractivity contribution in [2.24, 2.45) is 5.41 Å². The van der Waals surface area contributed by atoms with Crippen LogP contribution in [0.25, 0.3) is 102 Å². The first-order valence-corrected chi connectivity index (χ1v) is 42.9. The molecule has 2 atom stereocenters. The second kappa shape index (κ2) is 57.7. The van der Waals surface area contributed by atoms with Crippen molar-refractivity contribution in [3.8, 4) is 91.4 Å². The van der Waals surface area contributed by atoms with E-state index in [1.165, 1.54) is 47.1 Å². The van der Waals surface area contributed by atoms with Gasteiger partial charge in [-0.1, -0.05) is 161 Å². The fraction of sp³-hybridized carbons (Fsp3) is 0.191. The number of halogens is 2. The molecule has 129 heavy (non-hydrogen) atoms. The smallest absolute Gasteiger partial charge is 0 e. The summed E-state index contributed by atoms with van der Waals surface area (Å²) in [7, 11) is 9.75. The van der Waals surface area contributed by atoms with E-state index in [1.807, 2.05) is 162 Å². The molecule has 18 aromatic rings. The number of aromatic carboxylic acids is 1. The fourth-order valence-electron chi connectivity index (χ4n) is 12.3. The first-order chi connectivity index (χ1) is 59.8. The number of fused-ring (bicyclic) bond motifs is 6. The van der Waals surface area contributed by atoms with Gasteiger partial charge in [-0.3, -0.25) is 73.6 Å². The molecule has 0 spiro atoms. The molecule has 20 rings (SSSR count). The second-order valence-electron chi connectivity index (χ2n) is 26.9. The number of carboxylic acid groups (broad SMARTS) is 1. The first kappa shape index (κ1) is 111. The van der Waals surface area contributed by atoms with E-state index < -0.39 is 22.5 Å². The van der Waals surface area contributed by atoms with E-state index >= 15 is 0 Å². The molecular formula is C89H87Cl2N29O4OsPt4-2. The van der Waals surface area contributed by atoms with Gasteiger partial charge in [-0.15, -0.1) is 0 Å². The number of pyridine rings is 7. The maximum atomic E-state index is 10.1. The summed E-state index contributed by atoms with van der Waals surface area (Å²) in [6, 6.07) is 53.2. The van der Waals surface area contributed by atoms with Gasteiger partial charge in [-0.2, -0.15) is 0 Å². The Labute approximate surface area is 819 Å². The summed E-state index contributed by atoms with van der Waals surface area (Å²) in [4.78, 5) is 78.8. The molecule has 2 aliphatic rings. The summed E-state index contributed by atoms with van der Waals surface area (Å²) >= 11 is -0.472. The van der Waals surface area contributed by atoms with E-state index in [9.17, 15) is 4.79 Å². The predicted octanol–water partition coefficient (Wildman–Crippen LogP) is 14.7. The van der Waals surface area contributed by atoms with E-state index in [4.69, 9.17) is 33.5 Å². The summed E-state index contributed by atoms with van der Waals surface area (Å²) in [5.74, 6) is 2.09. The molecule has 0 saturated heterocycles. The molecule has 2 unspecified atom stereocenters. The van der Waals surface area contributed by atoms with Crippen molar-refractivity contribution in [1.29, 1.82) is 0 Å². The van der Waals surface area contributed by atoms with Crippen molar-refractivity contribution in [2.75, 3.05) is 0 Å². The average molecular weight is 2670 g/mol. The number of carbonyl (C=O) groups excluding carboxylic acids is 2. The van der Waals surface area contributed by atoms with Gasteiger partial charge >= 0.3 is 103 Å². The molecule has 676 valence electrons. The molecule has 1 fully saturated rings. The number of aromatic nitrogens is 29. The van der Waals surface area contributed by atoms with Crippen LogP contribution in [0.3, 0.4) is 0 Å². The van der Waals surface area contributed by atoms with E-state index in [1.54, 1.807) is 94.1 Å². The predicted molar refractivity (Wildman–Crippen MR) is 471 cm³/mol. The maximum Gasteiger partial charge on any atom is 4.00 e. The Morgan fingerprint density at radius 2 is 0.752 bits per heavy atom. The molecule has 1 aromatic carbocycles. The van der Waals surface area contributed by atoms with Gasteiger partial charge in [0.2, 0.25) is 0 Å². The number of hydrogen-bond donors (Lipinski definition) is 1. The standard InChI is InChI=1S/C20H20N3.3C9H8N3.4C8H7N4.C6H5NO2.2CHO.2CH4.2ClH.Os.4Pt/c1-19(2)14-8-10-20(19,3)18-15(14)17(22-23-18)16-13-7-5-4-6-12(13)9-11-21-16;3*1-7-6-9(12-11-7)8-4-2-3-5-10-8;2*1-6-4-7(12-11-6)8-5-9-2-3-10-8;2*1-6-10-8(12-11-6)7-4-2-3-5-9-7;8-6(9)5-3-1-2-4-7-5;2*1-2;;;;;;;;;/h4-7,9,11,14H,8,10H2,1-3H3;3*2-6H,1H3;4*2-5H,1H3;1-4H,(H,8,9);2*1H;2*1H4;2*1H;;;;;/q8*-1;;2*-1;;;;;+4;;3*+2/p-2. The Bertz CT molecular complexity index is 5360.